The minimum absolute atomic E-state index is 0.109. The molecule has 0 aliphatic rings. The molecule has 0 atom stereocenters. The minimum atomic E-state index is -0.267. The van der Waals surface area contributed by atoms with E-state index in [1.165, 1.54) is 12.1 Å². The van der Waals surface area contributed by atoms with Crippen LogP contribution in [0.15, 0.2) is 18.2 Å². The Morgan fingerprint density at radius 1 is 1.44 bits per heavy atom. The van der Waals surface area contributed by atoms with Gasteiger partial charge in [0, 0.05) is 29.3 Å². The van der Waals surface area contributed by atoms with Crippen molar-refractivity contribution in [2.45, 2.75) is 32.4 Å². The van der Waals surface area contributed by atoms with Gasteiger partial charge in [-0.25, -0.2) is 4.39 Å². The molecule has 4 heteroatoms. The molecule has 0 spiro atoms. The number of halogens is 2. The van der Waals surface area contributed by atoms with Crippen molar-refractivity contribution in [3.05, 3.63) is 34.6 Å². The van der Waals surface area contributed by atoms with Crippen LogP contribution in [0.25, 0.3) is 0 Å². The Kier molecular flexibility index (Phi) is 4.71. The lowest BCUT2D eigenvalue weighted by Gasteiger charge is -2.25. The number of aliphatic hydroxyl groups is 1. The van der Waals surface area contributed by atoms with Gasteiger partial charge in [-0.15, -0.1) is 0 Å². The second kappa shape index (κ2) is 5.62. The number of hydrogen-bond acceptors (Lipinski definition) is 2. The molecule has 16 heavy (non-hydrogen) atoms. The molecular weight excluding hydrogens is 229 g/mol. The van der Waals surface area contributed by atoms with Gasteiger partial charge in [-0.2, -0.15) is 0 Å². The smallest absolute Gasteiger partial charge is 0.127 e. The van der Waals surface area contributed by atoms with Crippen LogP contribution in [0, 0.1) is 5.82 Å². The maximum absolute atomic E-state index is 13.4. The third kappa shape index (κ3) is 4.08. The average Bonchev–Trinajstić information content (AvgIpc) is 2.19. The average molecular weight is 246 g/mol. The van der Waals surface area contributed by atoms with Crippen LogP contribution >= 0.6 is 11.6 Å². The van der Waals surface area contributed by atoms with Crippen LogP contribution in [0.1, 0.15) is 25.8 Å². The lowest BCUT2D eigenvalue weighted by molar-refractivity contribution is 0.229. The first-order valence-electron chi connectivity index (χ1n) is 5.24. The zero-order valence-electron chi connectivity index (χ0n) is 9.56. The quantitative estimate of drug-likeness (QED) is 0.836. The molecule has 1 aromatic carbocycles. The predicted molar refractivity (Wildman–Crippen MR) is 64.0 cm³/mol. The third-order valence-corrected chi connectivity index (χ3v) is 2.74. The zero-order valence-corrected chi connectivity index (χ0v) is 10.3. The van der Waals surface area contributed by atoms with Gasteiger partial charge in [-0.1, -0.05) is 11.6 Å². The number of aliphatic hydroxyl groups excluding tert-OH is 1. The van der Waals surface area contributed by atoms with E-state index in [1.54, 1.807) is 6.07 Å². The summed E-state index contributed by atoms with van der Waals surface area (Å²) in [6.07, 6.45) is 0.620. The van der Waals surface area contributed by atoms with Gasteiger partial charge in [0.1, 0.15) is 5.82 Å². The summed E-state index contributed by atoms with van der Waals surface area (Å²) in [4.78, 5) is 0. The number of nitrogens with one attached hydrogen (secondary N) is 1. The van der Waals surface area contributed by atoms with Gasteiger partial charge < -0.3 is 10.4 Å². The van der Waals surface area contributed by atoms with Crippen LogP contribution in [0.3, 0.4) is 0 Å². The highest BCUT2D eigenvalue weighted by Crippen LogP contribution is 2.16. The third-order valence-electron chi connectivity index (χ3n) is 2.50. The first-order chi connectivity index (χ1) is 7.44. The molecule has 1 rings (SSSR count). The monoisotopic (exact) mass is 245 g/mol. The number of benzene rings is 1. The summed E-state index contributed by atoms with van der Waals surface area (Å²) in [7, 11) is 0. The highest BCUT2D eigenvalue weighted by molar-refractivity contribution is 6.30. The van der Waals surface area contributed by atoms with Gasteiger partial charge in [-0.05, 0) is 38.5 Å². The lowest BCUT2D eigenvalue weighted by atomic mass is 10.0. The Balaban J connectivity index is 2.63. The number of hydrogen-bond donors (Lipinski definition) is 2. The van der Waals surface area contributed by atoms with Gasteiger partial charge >= 0.3 is 0 Å². The number of rotatable bonds is 5. The van der Waals surface area contributed by atoms with Crippen molar-refractivity contribution in [3.8, 4) is 0 Å². The normalized spacial score (nSPS) is 11.8. The maximum atomic E-state index is 13.4. The molecule has 2 nitrogen and oxygen atoms in total. The van der Waals surface area contributed by atoms with Crippen LogP contribution in [0.4, 0.5) is 4.39 Å². The SMILES string of the molecule is CC(C)(CCO)NCc1cc(Cl)ccc1F. The molecule has 0 saturated heterocycles. The standard InChI is InChI=1S/C12H17ClFNO/c1-12(2,5-6-16)15-8-9-7-10(13)3-4-11(9)14/h3-4,7,15-16H,5-6,8H2,1-2H3. The molecule has 0 bridgehead atoms. The van der Waals surface area contributed by atoms with Crippen molar-refractivity contribution in [1.29, 1.82) is 0 Å². The summed E-state index contributed by atoms with van der Waals surface area (Å²) in [6.45, 7) is 4.44. The van der Waals surface area contributed by atoms with Gasteiger partial charge in [0.05, 0.1) is 0 Å². The fraction of sp³-hybridized carbons (Fsp3) is 0.500. The highest BCUT2D eigenvalue weighted by atomic mass is 35.5. The van der Waals surface area contributed by atoms with Gasteiger partial charge in [0.2, 0.25) is 0 Å². The van der Waals surface area contributed by atoms with E-state index in [9.17, 15) is 4.39 Å². The van der Waals surface area contributed by atoms with Crippen molar-refractivity contribution in [2.75, 3.05) is 6.61 Å². The molecule has 2 N–H and O–H groups in total. The summed E-state index contributed by atoms with van der Waals surface area (Å²) < 4.78 is 13.4. The molecule has 1 aromatic rings. The largest absolute Gasteiger partial charge is 0.396 e. The summed E-state index contributed by atoms with van der Waals surface area (Å²) in [5.41, 5.74) is 0.322. The first-order valence-corrected chi connectivity index (χ1v) is 5.62. The van der Waals surface area contributed by atoms with E-state index in [2.05, 4.69) is 5.32 Å². The van der Waals surface area contributed by atoms with Crippen LogP contribution in [-0.2, 0) is 6.54 Å². The van der Waals surface area contributed by atoms with Crippen LogP contribution < -0.4 is 5.32 Å². The molecule has 0 fully saturated rings. The van der Waals surface area contributed by atoms with E-state index in [1.807, 2.05) is 13.8 Å². The van der Waals surface area contributed by atoms with Crippen LogP contribution in [-0.4, -0.2) is 17.3 Å². The summed E-state index contributed by atoms with van der Waals surface area (Å²) >= 11 is 5.79. The van der Waals surface area contributed by atoms with Crippen molar-refractivity contribution in [1.82, 2.24) is 5.32 Å². The fourth-order valence-corrected chi connectivity index (χ4v) is 1.58. The Labute approximate surface area is 100 Å². The second-order valence-corrected chi connectivity index (χ2v) is 4.88. The first kappa shape index (κ1) is 13.4. The minimum Gasteiger partial charge on any atom is -0.396 e. The van der Waals surface area contributed by atoms with Gasteiger partial charge in [0.25, 0.3) is 0 Å². The second-order valence-electron chi connectivity index (χ2n) is 4.45. The molecule has 0 unspecified atom stereocenters. The van der Waals surface area contributed by atoms with Crippen LogP contribution in [0.2, 0.25) is 5.02 Å². The molecule has 0 radical (unpaired) electrons. The fourth-order valence-electron chi connectivity index (χ4n) is 1.38. The van der Waals surface area contributed by atoms with Crippen molar-refractivity contribution in [2.24, 2.45) is 0 Å². The van der Waals surface area contributed by atoms with Gasteiger partial charge in [-0.3, -0.25) is 0 Å². The molecule has 0 amide bonds. The molecule has 0 aliphatic heterocycles. The molecule has 90 valence electrons. The maximum Gasteiger partial charge on any atom is 0.127 e. The molecule has 0 aromatic heterocycles. The Hall–Kier alpha value is -0.640. The van der Waals surface area contributed by atoms with Crippen LogP contribution in [0.5, 0.6) is 0 Å². The van der Waals surface area contributed by atoms with E-state index < -0.39 is 0 Å². The molecule has 0 aliphatic carbocycles. The van der Waals surface area contributed by atoms with E-state index in [-0.39, 0.29) is 18.0 Å². The zero-order chi connectivity index (χ0) is 12.2. The Morgan fingerprint density at radius 2 is 2.12 bits per heavy atom. The Morgan fingerprint density at radius 3 is 2.75 bits per heavy atom. The topological polar surface area (TPSA) is 32.3 Å². The van der Waals surface area contributed by atoms with E-state index in [0.717, 1.165) is 0 Å². The van der Waals surface area contributed by atoms with Crippen molar-refractivity contribution >= 4 is 11.6 Å². The van der Waals surface area contributed by atoms with E-state index in [4.69, 9.17) is 16.7 Å². The molecule has 0 saturated carbocycles. The highest BCUT2D eigenvalue weighted by Gasteiger charge is 2.16. The summed E-state index contributed by atoms with van der Waals surface area (Å²) in [5.74, 6) is -0.267. The summed E-state index contributed by atoms with van der Waals surface area (Å²) in [5, 5.41) is 12.6. The molecular formula is C12H17ClFNO. The van der Waals surface area contributed by atoms with Crippen molar-refractivity contribution in [3.63, 3.8) is 0 Å². The Bertz CT molecular complexity index is 355. The predicted octanol–water partition coefficient (Wildman–Crippen LogP) is 2.73. The molecule has 0 heterocycles. The van der Waals surface area contributed by atoms with E-state index >= 15 is 0 Å². The van der Waals surface area contributed by atoms with E-state index in [0.29, 0.717) is 23.6 Å². The summed E-state index contributed by atoms with van der Waals surface area (Å²) in [6, 6.07) is 4.50. The lowest BCUT2D eigenvalue weighted by Crippen LogP contribution is -2.39. The van der Waals surface area contributed by atoms with Crippen molar-refractivity contribution < 1.29 is 9.50 Å². The van der Waals surface area contributed by atoms with Gasteiger partial charge in [0.15, 0.2) is 0 Å².